The Morgan fingerprint density at radius 3 is 2.28 bits per heavy atom. The lowest BCUT2D eigenvalue weighted by molar-refractivity contribution is -0.128. The summed E-state index contributed by atoms with van der Waals surface area (Å²) in [5.41, 5.74) is 0.367. The van der Waals surface area contributed by atoms with Crippen LogP contribution < -0.4 is 0 Å². The molecule has 0 radical (unpaired) electrons. The van der Waals surface area contributed by atoms with E-state index in [9.17, 15) is 9.59 Å². The van der Waals surface area contributed by atoms with E-state index in [1.807, 2.05) is 30.3 Å². The second kappa shape index (κ2) is 10.5. The van der Waals surface area contributed by atoms with Crippen LogP contribution in [0.4, 0.5) is 4.79 Å². The van der Waals surface area contributed by atoms with Crippen molar-refractivity contribution in [1.29, 1.82) is 0 Å². The van der Waals surface area contributed by atoms with Crippen LogP contribution in [-0.4, -0.2) is 49.6 Å². The second-order valence-electron chi connectivity index (χ2n) is 11.1. The maximum Gasteiger partial charge on any atom is 0.417 e. The Morgan fingerprint density at radius 2 is 1.72 bits per heavy atom. The van der Waals surface area contributed by atoms with Crippen molar-refractivity contribution < 1.29 is 23.5 Å². The van der Waals surface area contributed by atoms with Gasteiger partial charge < -0.3 is 13.9 Å². The molecule has 180 valence electrons. The van der Waals surface area contributed by atoms with E-state index in [1.165, 1.54) is 4.90 Å². The summed E-state index contributed by atoms with van der Waals surface area (Å²) >= 11 is 0. The van der Waals surface area contributed by atoms with Crippen LogP contribution in [0.5, 0.6) is 0 Å². The molecule has 7 heteroatoms. The number of benzene rings is 1. The van der Waals surface area contributed by atoms with Gasteiger partial charge in [0, 0.05) is 6.61 Å². The quantitative estimate of drug-likeness (QED) is 0.354. The Bertz CT molecular complexity index is 767. The first-order chi connectivity index (χ1) is 14.7. The monoisotopic (exact) mass is 463 g/mol. The average Bonchev–Trinajstić information content (AvgIpc) is 2.97. The number of likely N-dealkylation sites (tertiary alicyclic amines) is 1. The number of carbonyl (C=O) groups excluding carboxylic acids is 2. The lowest BCUT2D eigenvalue weighted by Gasteiger charge is -2.36. The van der Waals surface area contributed by atoms with Crippen LogP contribution >= 0.6 is 0 Å². The molecule has 0 spiro atoms. The van der Waals surface area contributed by atoms with Crippen molar-refractivity contribution in [3.8, 4) is 0 Å². The van der Waals surface area contributed by atoms with Gasteiger partial charge in [0.15, 0.2) is 8.32 Å². The van der Waals surface area contributed by atoms with Gasteiger partial charge in [0.05, 0.1) is 25.2 Å². The van der Waals surface area contributed by atoms with Gasteiger partial charge in [0.2, 0.25) is 5.91 Å². The normalized spacial score (nSPS) is 20.0. The van der Waals surface area contributed by atoms with Crippen molar-refractivity contribution in [3.05, 3.63) is 35.9 Å². The fourth-order valence-corrected chi connectivity index (χ4v) is 4.49. The second-order valence-corrected chi connectivity index (χ2v) is 15.9. The Labute approximate surface area is 194 Å². The highest BCUT2D eigenvalue weighted by Crippen LogP contribution is 2.37. The largest absolute Gasteiger partial charge is 0.443 e. The number of imide groups is 1. The summed E-state index contributed by atoms with van der Waals surface area (Å²) in [7, 11) is -1.85. The number of hydrogen-bond acceptors (Lipinski definition) is 5. The SMILES string of the molecule is CC(C)(C)OC(=O)N1C(=O)C[C@H](OCc2ccccc2)[C@H]1CCCO[Si](C)(C)C(C)(C)C. The number of ether oxygens (including phenoxy) is 2. The van der Waals surface area contributed by atoms with Gasteiger partial charge in [-0.15, -0.1) is 0 Å². The molecule has 32 heavy (non-hydrogen) atoms. The number of nitrogens with zero attached hydrogens (tertiary/aromatic N) is 1. The van der Waals surface area contributed by atoms with Crippen molar-refractivity contribution in [2.75, 3.05) is 6.61 Å². The minimum Gasteiger partial charge on any atom is -0.443 e. The highest BCUT2D eigenvalue weighted by Gasteiger charge is 2.45. The topological polar surface area (TPSA) is 65.1 Å². The summed E-state index contributed by atoms with van der Waals surface area (Å²) in [6.07, 6.45) is 0.597. The highest BCUT2D eigenvalue weighted by atomic mass is 28.4. The Kier molecular flexibility index (Phi) is 8.70. The third kappa shape index (κ3) is 7.42. The zero-order valence-electron chi connectivity index (χ0n) is 21.1. The Morgan fingerprint density at radius 1 is 1.09 bits per heavy atom. The molecule has 1 heterocycles. The molecule has 2 rings (SSSR count). The molecule has 1 fully saturated rings. The summed E-state index contributed by atoms with van der Waals surface area (Å²) in [5.74, 6) is -0.243. The number of hydrogen-bond donors (Lipinski definition) is 0. The van der Waals surface area contributed by atoms with Crippen molar-refractivity contribution in [1.82, 2.24) is 4.90 Å². The van der Waals surface area contributed by atoms with Crippen LogP contribution in [-0.2, 0) is 25.3 Å². The van der Waals surface area contributed by atoms with Gasteiger partial charge in [0.1, 0.15) is 5.60 Å². The van der Waals surface area contributed by atoms with Gasteiger partial charge >= 0.3 is 6.09 Å². The molecule has 1 aliphatic heterocycles. The molecule has 0 bridgehead atoms. The molecular weight excluding hydrogens is 422 g/mol. The van der Waals surface area contributed by atoms with Gasteiger partial charge in [-0.3, -0.25) is 4.79 Å². The molecule has 0 N–H and O–H groups in total. The van der Waals surface area contributed by atoms with Crippen LogP contribution in [0.1, 0.15) is 66.4 Å². The predicted octanol–water partition coefficient (Wildman–Crippen LogP) is 5.91. The Balaban J connectivity index is 2.07. The fraction of sp³-hybridized carbons (Fsp3) is 0.680. The molecule has 2 atom stereocenters. The molecule has 1 aliphatic rings. The summed E-state index contributed by atoms with van der Waals surface area (Å²) in [6, 6.07) is 9.50. The minimum absolute atomic E-state index is 0.139. The van der Waals surface area contributed by atoms with Gasteiger partial charge in [0.25, 0.3) is 0 Å². The fourth-order valence-electron chi connectivity index (χ4n) is 3.40. The summed E-state index contributed by atoms with van der Waals surface area (Å²) < 4.78 is 18.0. The molecule has 0 aliphatic carbocycles. The van der Waals surface area contributed by atoms with E-state index >= 15 is 0 Å². The van der Waals surface area contributed by atoms with Crippen molar-refractivity contribution in [2.45, 2.75) is 103 Å². The molecule has 1 saturated heterocycles. The van der Waals surface area contributed by atoms with E-state index in [1.54, 1.807) is 20.8 Å². The van der Waals surface area contributed by atoms with E-state index in [2.05, 4.69) is 33.9 Å². The van der Waals surface area contributed by atoms with E-state index in [0.29, 0.717) is 19.6 Å². The highest BCUT2D eigenvalue weighted by molar-refractivity contribution is 6.74. The zero-order chi connectivity index (χ0) is 24.2. The molecule has 1 aromatic rings. The molecule has 6 nitrogen and oxygen atoms in total. The van der Waals surface area contributed by atoms with Crippen LogP contribution in [0.3, 0.4) is 0 Å². The lowest BCUT2D eigenvalue weighted by atomic mass is 10.1. The molecule has 0 unspecified atom stereocenters. The molecular formula is C25H41NO5Si. The number of amides is 2. The zero-order valence-corrected chi connectivity index (χ0v) is 22.1. The first-order valence-corrected chi connectivity index (χ1v) is 14.5. The van der Waals surface area contributed by atoms with Gasteiger partial charge in [-0.1, -0.05) is 51.1 Å². The van der Waals surface area contributed by atoms with Crippen LogP contribution in [0.15, 0.2) is 30.3 Å². The third-order valence-corrected chi connectivity index (χ3v) is 10.8. The summed E-state index contributed by atoms with van der Waals surface area (Å²) in [4.78, 5) is 26.9. The van der Waals surface area contributed by atoms with Crippen molar-refractivity contribution in [2.24, 2.45) is 0 Å². The molecule has 2 amide bonds. The first-order valence-electron chi connectivity index (χ1n) is 11.6. The maximum atomic E-state index is 12.8. The lowest BCUT2D eigenvalue weighted by Crippen LogP contribution is -2.45. The van der Waals surface area contributed by atoms with Crippen molar-refractivity contribution >= 4 is 20.3 Å². The minimum atomic E-state index is -1.85. The summed E-state index contributed by atoms with van der Waals surface area (Å²) in [5, 5.41) is 0.139. The van der Waals surface area contributed by atoms with Crippen molar-refractivity contribution in [3.63, 3.8) is 0 Å². The van der Waals surface area contributed by atoms with Crippen LogP contribution in [0, 0.1) is 0 Å². The molecule has 1 aromatic carbocycles. The third-order valence-electron chi connectivity index (χ3n) is 6.22. The van der Waals surface area contributed by atoms with Crippen LogP contribution in [0.25, 0.3) is 0 Å². The number of rotatable bonds is 8. The standard InChI is InChI=1S/C25H41NO5Si/c1-24(2,3)31-23(28)26-20(15-12-16-30-32(7,8)25(4,5)6)21(17-22(26)27)29-18-19-13-10-9-11-14-19/h9-11,13-14,20-21H,12,15-18H2,1-8H3/t20-,21+/m1/s1. The average molecular weight is 464 g/mol. The number of carbonyl (C=O) groups is 2. The van der Waals surface area contributed by atoms with Crippen LogP contribution in [0.2, 0.25) is 18.1 Å². The van der Waals surface area contributed by atoms with Gasteiger partial charge in [-0.05, 0) is 57.3 Å². The molecule has 0 saturated carbocycles. The summed E-state index contributed by atoms with van der Waals surface area (Å²) in [6.45, 7) is 17.5. The van der Waals surface area contributed by atoms with E-state index < -0.39 is 20.0 Å². The maximum absolute atomic E-state index is 12.8. The van der Waals surface area contributed by atoms with Gasteiger partial charge in [-0.25, -0.2) is 9.69 Å². The van der Waals surface area contributed by atoms with E-state index in [0.717, 1.165) is 12.0 Å². The first kappa shape index (κ1) is 26.5. The van der Waals surface area contributed by atoms with E-state index in [4.69, 9.17) is 13.9 Å². The molecule has 0 aromatic heterocycles. The smallest absolute Gasteiger partial charge is 0.417 e. The van der Waals surface area contributed by atoms with E-state index in [-0.39, 0.29) is 29.5 Å². The van der Waals surface area contributed by atoms with Gasteiger partial charge in [-0.2, -0.15) is 0 Å². The Hall–Kier alpha value is -1.70. The predicted molar refractivity (Wildman–Crippen MR) is 129 cm³/mol.